The molecule has 0 spiro atoms. The van der Waals surface area contributed by atoms with Crippen LogP contribution in [0.2, 0.25) is 5.02 Å². The smallest absolute Gasteiger partial charge is 0.203 e. The van der Waals surface area contributed by atoms with Crippen molar-refractivity contribution >= 4 is 28.9 Å². The van der Waals surface area contributed by atoms with Crippen LogP contribution >= 0.6 is 11.6 Å². The van der Waals surface area contributed by atoms with E-state index in [4.69, 9.17) is 16.3 Å². The third-order valence-electron chi connectivity index (χ3n) is 2.15. The van der Waals surface area contributed by atoms with Crippen LogP contribution in [0.3, 0.4) is 0 Å². The molecule has 0 aromatic heterocycles. The van der Waals surface area contributed by atoms with Gasteiger partial charge in [0.1, 0.15) is 6.61 Å². The number of nitrogens with zero attached hydrogens (tertiary/aromatic N) is 2. The normalized spacial score (nSPS) is 12.1. The highest BCUT2D eigenvalue weighted by atomic mass is 35.5. The molecule has 0 fully saturated rings. The molecule has 19 heavy (non-hydrogen) atoms. The van der Waals surface area contributed by atoms with Gasteiger partial charge in [0.15, 0.2) is 11.8 Å². The van der Waals surface area contributed by atoms with Crippen molar-refractivity contribution < 1.29 is 14.3 Å². The number of Topliss-reactive ketones (excluding diaryl/α,β-unsaturated/α-hetero) is 2. The number of carbonyl (C=O) groups is 2. The van der Waals surface area contributed by atoms with E-state index >= 15 is 0 Å². The summed E-state index contributed by atoms with van der Waals surface area (Å²) in [6.07, 6.45) is 1.13. The van der Waals surface area contributed by atoms with Crippen molar-refractivity contribution in [2.75, 3.05) is 6.61 Å². The Bertz CT molecular complexity index is 497. The number of carbonyl (C=O) groups excluding carboxylic acids is 2. The Morgan fingerprint density at radius 1 is 1.42 bits per heavy atom. The zero-order valence-corrected chi connectivity index (χ0v) is 11.1. The molecule has 0 saturated heterocycles. The fourth-order valence-electron chi connectivity index (χ4n) is 1.22. The molecule has 5 nitrogen and oxygen atoms in total. The van der Waals surface area contributed by atoms with Crippen molar-refractivity contribution in [3.05, 3.63) is 42.1 Å². The lowest BCUT2D eigenvalue weighted by molar-refractivity contribution is -0.129. The Hall–Kier alpha value is -2.01. The maximum Gasteiger partial charge on any atom is 0.203 e. The standard InChI is InChI=1S/C13H13ClN2O3/c1-3-19-8-12(18)13(9(2)17)16-15-11-6-4-10(14)5-7-11/h3-7,13H,1,8H2,2H3. The van der Waals surface area contributed by atoms with Crippen LogP contribution in [0, 0.1) is 0 Å². The number of benzene rings is 1. The average molecular weight is 281 g/mol. The van der Waals surface area contributed by atoms with Gasteiger partial charge in [-0.1, -0.05) is 18.2 Å². The van der Waals surface area contributed by atoms with E-state index < -0.39 is 17.6 Å². The van der Waals surface area contributed by atoms with Crippen LogP contribution in [0.5, 0.6) is 0 Å². The Labute approximate surface area is 115 Å². The molecule has 1 unspecified atom stereocenters. The maximum absolute atomic E-state index is 11.7. The molecule has 0 bridgehead atoms. The molecular formula is C13H13ClN2O3. The van der Waals surface area contributed by atoms with Gasteiger partial charge >= 0.3 is 0 Å². The quantitative estimate of drug-likeness (QED) is 0.438. The zero-order valence-electron chi connectivity index (χ0n) is 10.4. The van der Waals surface area contributed by atoms with Crippen LogP contribution in [0.1, 0.15) is 6.92 Å². The van der Waals surface area contributed by atoms with Gasteiger partial charge in [-0.15, -0.1) is 0 Å². The molecule has 1 atom stereocenters. The highest BCUT2D eigenvalue weighted by Crippen LogP contribution is 2.17. The lowest BCUT2D eigenvalue weighted by Crippen LogP contribution is -2.29. The minimum Gasteiger partial charge on any atom is -0.494 e. The summed E-state index contributed by atoms with van der Waals surface area (Å²) in [5.74, 6) is -0.861. The zero-order chi connectivity index (χ0) is 14.3. The summed E-state index contributed by atoms with van der Waals surface area (Å²) in [7, 11) is 0. The molecule has 0 saturated carbocycles. The van der Waals surface area contributed by atoms with Gasteiger partial charge in [0.25, 0.3) is 0 Å². The number of hydrogen-bond acceptors (Lipinski definition) is 5. The van der Waals surface area contributed by atoms with E-state index in [1.54, 1.807) is 24.3 Å². The van der Waals surface area contributed by atoms with Gasteiger partial charge in [-0.25, -0.2) is 0 Å². The van der Waals surface area contributed by atoms with Crippen molar-refractivity contribution in [2.24, 2.45) is 10.2 Å². The molecule has 1 aromatic carbocycles. The van der Waals surface area contributed by atoms with Crippen LogP contribution in [0.25, 0.3) is 0 Å². The Kier molecular flexibility index (Phi) is 5.89. The van der Waals surface area contributed by atoms with Crippen molar-refractivity contribution in [3.63, 3.8) is 0 Å². The van der Waals surface area contributed by atoms with Crippen molar-refractivity contribution in [3.8, 4) is 0 Å². The molecule has 1 rings (SSSR count). The minimum atomic E-state index is -1.16. The molecule has 0 heterocycles. The van der Waals surface area contributed by atoms with Gasteiger partial charge in [-0.2, -0.15) is 10.2 Å². The molecule has 0 aliphatic heterocycles. The second-order valence-corrected chi connectivity index (χ2v) is 4.09. The van der Waals surface area contributed by atoms with Crippen molar-refractivity contribution in [1.82, 2.24) is 0 Å². The van der Waals surface area contributed by atoms with Gasteiger partial charge in [0, 0.05) is 5.02 Å². The van der Waals surface area contributed by atoms with E-state index in [1.165, 1.54) is 6.92 Å². The second-order valence-electron chi connectivity index (χ2n) is 3.65. The van der Waals surface area contributed by atoms with Crippen LogP contribution in [-0.4, -0.2) is 24.2 Å². The van der Waals surface area contributed by atoms with Crippen LogP contribution in [0.15, 0.2) is 47.3 Å². The molecule has 0 aliphatic carbocycles. The first-order valence-electron chi connectivity index (χ1n) is 5.46. The molecule has 0 amide bonds. The molecule has 0 aliphatic rings. The molecular weight excluding hydrogens is 268 g/mol. The molecule has 1 aromatic rings. The monoisotopic (exact) mass is 280 g/mol. The lowest BCUT2D eigenvalue weighted by Gasteiger charge is -2.06. The number of azo groups is 1. The Morgan fingerprint density at radius 3 is 2.58 bits per heavy atom. The van der Waals surface area contributed by atoms with Gasteiger partial charge < -0.3 is 4.74 Å². The van der Waals surface area contributed by atoms with E-state index in [2.05, 4.69) is 16.8 Å². The van der Waals surface area contributed by atoms with Gasteiger partial charge in [-0.05, 0) is 31.2 Å². The van der Waals surface area contributed by atoms with E-state index in [0.29, 0.717) is 10.7 Å². The minimum absolute atomic E-state index is 0.257. The summed E-state index contributed by atoms with van der Waals surface area (Å²) >= 11 is 5.73. The fraction of sp³-hybridized carbons (Fsp3) is 0.231. The summed E-state index contributed by atoms with van der Waals surface area (Å²) in [4.78, 5) is 23.0. The summed E-state index contributed by atoms with van der Waals surface area (Å²) in [5.41, 5.74) is 0.507. The first-order valence-corrected chi connectivity index (χ1v) is 5.84. The molecule has 100 valence electrons. The maximum atomic E-state index is 11.7. The predicted octanol–water partition coefficient (Wildman–Crippen LogP) is 3.11. The average Bonchev–Trinajstić information content (AvgIpc) is 2.38. The largest absolute Gasteiger partial charge is 0.494 e. The van der Waals surface area contributed by atoms with E-state index in [-0.39, 0.29) is 6.61 Å². The number of hydrogen-bond donors (Lipinski definition) is 0. The van der Waals surface area contributed by atoms with Crippen LogP contribution in [-0.2, 0) is 14.3 Å². The second kappa shape index (κ2) is 7.43. The first-order chi connectivity index (χ1) is 9.04. The number of ketones is 2. The number of halogens is 1. The summed E-state index contributed by atoms with van der Waals surface area (Å²) in [6.45, 7) is 4.33. The van der Waals surface area contributed by atoms with Gasteiger partial charge in [0.2, 0.25) is 5.78 Å². The third-order valence-corrected chi connectivity index (χ3v) is 2.40. The highest BCUT2D eigenvalue weighted by molar-refractivity contribution is 6.30. The van der Waals surface area contributed by atoms with E-state index in [9.17, 15) is 9.59 Å². The topological polar surface area (TPSA) is 68.1 Å². The molecule has 0 N–H and O–H groups in total. The Morgan fingerprint density at radius 2 is 2.05 bits per heavy atom. The summed E-state index contributed by atoms with van der Waals surface area (Å²) < 4.78 is 4.74. The van der Waals surface area contributed by atoms with E-state index in [0.717, 1.165) is 6.26 Å². The fourth-order valence-corrected chi connectivity index (χ4v) is 1.35. The van der Waals surface area contributed by atoms with Gasteiger partial charge in [0.05, 0.1) is 11.9 Å². The SMILES string of the molecule is C=COCC(=O)C(N=Nc1ccc(Cl)cc1)C(C)=O. The third kappa shape index (κ3) is 5.01. The van der Waals surface area contributed by atoms with Gasteiger partial charge in [-0.3, -0.25) is 9.59 Å². The van der Waals surface area contributed by atoms with Crippen LogP contribution in [0.4, 0.5) is 5.69 Å². The predicted molar refractivity (Wildman–Crippen MR) is 71.6 cm³/mol. The Balaban J connectivity index is 2.78. The van der Waals surface area contributed by atoms with Crippen molar-refractivity contribution in [2.45, 2.75) is 13.0 Å². The van der Waals surface area contributed by atoms with Crippen molar-refractivity contribution in [1.29, 1.82) is 0 Å². The molecule has 6 heteroatoms. The molecule has 0 radical (unpaired) electrons. The lowest BCUT2D eigenvalue weighted by atomic mass is 10.1. The van der Waals surface area contributed by atoms with E-state index in [1.807, 2.05) is 0 Å². The first kappa shape index (κ1) is 15.0. The summed E-state index contributed by atoms with van der Waals surface area (Å²) in [6, 6.07) is 5.39. The number of rotatable bonds is 7. The number of ether oxygens (including phenoxy) is 1. The highest BCUT2D eigenvalue weighted by Gasteiger charge is 2.22. The summed E-state index contributed by atoms with van der Waals surface area (Å²) in [5, 5.41) is 8.15. The van der Waals surface area contributed by atoms with Crippen LogP contribution < -0.4 is 0 Å².